The van der Waals surface area contributed by atoms with E-state index >= 15 is 0 Å². The van der Waals surface area contributed by atoms with Crippen molar-refractivity contribution in [2.45, 2.75) is 50.5 Å². The lowest BCUT2D eigenvalue weighted by Crippen LogP contribution is -2.55. The second kappa shape index (κ2) is 7.79. The molecule has 1 fully saturated rings. The molecule has 1 saturated carbocycles. The molecule has 2 aromatic carbocycles. The number of nitrogens with two attached hydrogens (primary N) is 1. The van der Waals surface area contributed by atoms with Crippen LogP contribution in [0.2, 0.25) is 0 Å². The summed E-state index contributed by atoms with van der Waals surface area (Å²) in [5.74, 6) is 1.60. The van der Waals surface area contributed by atoms with Crippen LogP contribution in [0.15, 0.2) is 54.6 Å². The molecule has 0 aliphatic heterocycles. The number of unbranched alkanes of at least 4 members (excludes halogenated alkanes) is 1. The Labute approximate surface area is 154 Å². The van der Waals surface area contributed by atoms with E-state index in [0.29, 0.717) is 17.9 Å². The molecule has 0 unspecified atom stereocenters. The third-order valence-electron chi connectivity index (χ3n) is 5.26. The number of hydrogen-bond donors (Lipinski definition) is 2. The fraction of sp³-hybridized carbons (Fsp3) is 0.381. The highest BCUT2D eigenvalue weighted by molar-refractivity contribution is 5.71. The van der Waals surface area contributed by atoms with Crippen molar-refractivity contribution in [3.05, 3.63) is 60.2 Å². The number of amides is 2. The summed E-state index contributed by atoms with van der Waals surface area (Å²) in [7, 11) is 0. The molecule has 0 atom stereocenters. The first-order chi connectivity index (χ1) is 12.5. The molecule has 3 rings (SSSR count). The number of carbonyl (C=O) groups excluding carboxylic acids is 1. The Kier molecular flexibility index (Phi) is 5.47. The highest BCUT2D eigenvalue weighted by Crippen LogP contribution is 2.50. The zero-order valence-electron chi connectivity index (χ0n) is 15.1. The molecule has 5 nitrogen and oxygen atoms in total. The summed E-state index contributed by atoms with van der Waals surface area (Å²) >= 11 is 0. The molecule has 2 amide bonds. The molecule has 0 radical (unpaired) electrons. The maximum Gasteiger partial charge on any atom is 0.338 e. The third-order valence-corrected chi connectivity index (χ3v) is 5.26. The molecule has 0 heterocycles. The van der Waals surface area contributed by atoms with Crippen LogP contribution in [0.1, 0.15) is 44.6 Å². The number of urea groups is 1. The topological polar surface area (TPSA) is 75.8 Å². The van der Waals surface area contributed by atoms with Crippen molar-refractivity contribution in [2.75, 3.05) is 0 Å². The Hall–Kier alpha value is -2.53. The number of carbonyl (C=O) groups is 1. The van der Waals surface area contributed by atoms with Gasteiger partial charge in [-0.25, -0.2) is 9.86 Å². The van der Waals surface area contributed by atoms with Crippen LogP contribution in [0.4, 0.5) is 4.79 Å². The van der Waals surface area contributed by atoms with Gasteiger partial charge in [0.1, 0.15) is 11.5 Å². The number of hydroxylamine groups is 2. The summed E-state index contributed by atoms with van der Waals surface area (Å²) in [5, 5.41) is 10.5. The Bertz CT molecular complexity index is 742. The normalized spacial score (nSPS) is 21.7. The van der Waals surface area contributed by atoms with Crippen LogP contribution in [0.3, 0.4) is 0 Å². The van der Waals surface area contributed by atoms with Crippen LogP contribution in [0.5, 0.6) is 11.5 Å². The van der Waals surface area contributed by atoms with Gasteiger partial charge in [-0.2, -0.15) is 0 Å². The zero-order chi connectivity index (χ0) is 18.6. The highest BCUT2D eigenvalue weighted by atomic mass is 16.5. The first kappa shape index (κ1) is 18.3. The van der Waals surface area contributed by atoms with Gasteiger partial charge >= 0.3 is 6.03 Å². The molecule has 1 aliphatic carbocycles. The number of rotatable bonds is 7. The van der Waals surface area contributed by atoms with Crippen LogP contribution in [-0.2, 0) is 5.41 Å². The SMILES string of the molecule is CCCCC1(c2cccc(Oc3ccccc3)c2)CC(N(O)C(N)=O)C1. The van der Waals surface area contributed by atoms with Crippen molar-refractivity contribution in [1.29, 1.82) is 0 Å². The van der Waals surface area contributed by atoms with E-state index in [-0.39, 0.29) is 11.5 Å². The summed E-state index contributed by atoms with van der Waals surface area (Å²) in [4.78, 5) is 11.2. The fourth-order valence-corrected chi connectivity index (χ4v) is 3.81. The summed E-state index contributed by atoms with van der Waals surface area (Å²) in [6.45, 7) is 2.17. The molecule has 138 valence electrons. The van der Waals surface area contributed by atoms with E-state index in [9.17, 15) is 10.0 Å². The van der Waals surface area contributed by atoms with Crippen molar-refractivity contribution < 1.29 is 14.7 Å². The lowest BCUT2D eigenvalue weighted by molar-refractivity contribution is -0.119. The van der Waals surface area contributed by atoms with Gasteiger partial charge in [0.2, 0.25) is 0 Å². The standard InChI is InChI=1S/C21H26N2O3/c1-2-3-12-21(14-17(15-21)23(25)20(22)24)16-8-7-11-19(13-16)26-18-9-5-4-6-10-18/h4-11,13,17,25H,2-3,12,14-15H2,1H3,(H2,22,24). The molecule has 2 aromatic rings. The lowest BCUT2D eigenvalue weighted by Gasteiger charge is -2.50. The summed E-state index contributed by atoms with van der Waals surface area (Å²) in [5.41, 5.74) is 6.34. The first-order valence-electron chi connectivity index (χ1n) is 9.15. The monoisotopic (exact) mass is 354 g/mol. The minimum Gasteiger partial charge on any atom is -0.457 e. The van der Waals surface area contributed by atoms with Crippen molar-refractivity contribution >= 4 is 6.03 Å². The van der Waals surface area contributed by atoms with Crippen LogP contribution < -0.4 is 10.5 Å². The highest BCUT2D eigenvalue weighted by Gasteiger charge is 2.48. The minimum atomic E-state index is -0.791. The predicted molar refractivity (Wildman–Crippen MR) is 100 cm³/mol. The molecule has 3 N–H and O–H groups in total. The van der Waals surface area contributed by atoms with Crippen LogP contribution in [0.25, 0.3) is 0 Å². The number of hydrogen-bond acceptors (Lipinski definition) is 3. The Morgan fingerprint density at radius 1 is 1.19 bits per heavy atom. The lowest BCUT2D eigenvalue weighted by atomic mass is 9.59. The van der Waals surface area contributed by atoms with E-state index in [4.69, 9.17) is 10.5 Å². The van der Waals surface area contributed by atoms with Crippen molar-refractivity contribution in [3.8, 4) is 11.5 Å². The van der Waals surface area contributed by atoms with E-state index < -0.39 is 6.03 Å². The van der Waals surface area contributed by atoms with Gasteiger partial charge < -0.3 is 10.5 Å². The average Bonchev–Trinajstić information content (AvgIpc) is 2.61. The van der Waals surface area contributed by atoms with E-state index in [0.717, 1.165) is 30.8 Å². The van der Waals surface area contributed by atoms with Gasteiger partial charge in [-0.3, -0.25) is 5.21 Å². The predicted octanol–water partition coefficient (Wildman–Crippen LogP) is 4.84. The van der Waals surface area contributed by atoms with Gasteiger partial charge in [0.05, 0.1) is 6.04 Å². The van der Waals surface area contributed by atoms with Gasteiger partial charge in [0.15, 0.2) is 0 Å². The van der Waals surface area contributed by atoms with Gasteiger partial charge in [0.25, 0.3) is 0 Å². The molecule has 5 heteroatoms. The van der Waals surface area contributed by atoms with Gasteiger partial charge in [-0.15, -0.1) is 0 Å². The van der Waals surface area contributed by atoms with Gasteiger partial charge in [-0.1, -0.05) is 50.1 Å². The summed E-state index contributed by atoms with van der Waals surface area (Å²) in [6, 6.07) is 16.8. The van der Waals surface area contributed by atoms with E-state index in [1.165, 1.54) is 5.56 Å². The van der Waals surface area contributed by atoms with Crippen molar-refractivity contribution in [2.24, 2.45) is 5.73 Å². The summed E-state index contributed by atoms with van der Waals surface area (Å²) in [6.07, 6.45) is 4.63. The van der Waals surface area contributed by atoms with Gasteiger partial charge in [-0.05, 0) is 54.5 Å². The molecular formula is C21H26N2O3. The van der Waals surface area contributed by atoms with Crippen molar-refractivity contribution in [1.82, 2.24) is 5.06 Å². The van der Waals surface area contributed by atoms with Gasteiger partial charge in [0, 0.05) is 0 Å². The van der Waals surface area contributed by atoms with E-state index in [1.807, 2.05) is 42.5 Å². The number of primary amides is 1. The zero-order valence-corrected chi connectivity index (χ0v) is 15.1. The van der Waals surface area contributed by atoms with Crippen molar-refractivity contribution in [3.63, 3.8) is 0 Å². The van der Waals surface area contributed by atoms with Crippen LogP contribution in [0, 0.1) is 0 Å². The third kappa shape index (κ3) is 3.83. The van der Waals surface area contributed by atoms with E-state index in [1.54, 1.807) is 0 Å². The molecular weight excluding hydrogens is 328 g/mol. The second-order valence-corrected chi connectivity index (χ2v) is 7.07. The number of ether oxygens (including phenoxy) is 1. The largest absolute Gasteiger partial charge is 0.457 e. The number of benzene rings is 2. The van der Waals surface area contributed by atoms with Crippen LogP contribution >= 0.6 is 0 Å². The molecule has 0 saturated heterocycles. The molecule has 26 heavy (non-hydrogen) atoms. The Balaban J connectivity index is 1.79. The molecule has 0 spiro atoms. The Morgan fingerprint density at radius 2 is 1.88 bits per heavy atom. The number of para-hydroxylation sites is 1. The molecule has 0 aromatic heterocycles. The fourth-order valence-electron chi connectivity index (χ4n) is 3.81. The van der Waals surface area contributed by atoms with Crippen LogP contribution in [-0.4, -0.2) is 22.3 Å². The molecule has 1 aliphatic rings. The quantitative estimate of drug-likeness (QED) is 0.552. The maximum absolute atomic E-state index is 11.2. The minimum absolute atomic E-state index is 0.0484. The molecule has 0 bridgehead atoms. The average molecular weight is 354 g/mol. The number of nitrogens with zero attached hydrogens (tertiary/aromatic N) is 1. The maximum atomic E-state index is 11.2. The smallest absolute Gasteiger partial charge is 0.338 e. The van der Waals surface area contributed by atoms with E-state index in [2.05, 4.69) is 19.1 Å². The second-order valence-electron chi connectivity index (χ2n) is 7.07. The summed E-state index contributed by atoms with van der Waals surface area (Å²) < 4.78 is 5.97. The first-order valence-corrected chi connectivity index (χ1v) is 9.15. The Morgan fingerprint density at radius 3 is 2.54 bits per heavy atom.